The Kier molecular flexibility index (Phi) is 8.51. The van der Waals surface area contributed by atoms with Gasteiger partial charge in [-0.25, -0.2) is 4.98 Å². The molecule has 0 aliphatic carbocycles. The Labute approximate surface area is 229 Å². The molecule has 0 fully saturated rings. The van der Waals surface area contributed by atoms with Crippen molar-refractivity contribution in [1.29, 1.82) is 0 Å². The van der Waals surface area contributed by atoms with Gasteiger partial charge in [-0.15, -0.1) is 0 Å². The molecule has 2 aromatic carbocycles. The first-order valence-electron chi connectivity index (χ1n) is 13.8. The molecule has 202 valence electrons. The lowest BCUT2D eigenvalue weighted by molar-refractivity contribution is -0.116. The van der Waals surface area contributed by atoms with Crippen LogP contribution < -0.4 is 4.90 Å². The molecule has 0 saturated heterocycles. The topological polar surface area (TPSA) is 76.3 Å². The van der Waals surface area contributed by atoms with Crippen LogP contribution in [0.2, 0.25) is 0 Å². The first-order valence-corrected chi connectivity index (χ1v) is 13.8. The summed E-state index contributed by atoms with van der Waals surface area (Å²) < 4.78 is 3.85. The molecular weight excluding hydrogens is 488 g/mol. The fourth-order valence-electron chi connectivity index (χ4n) is 5.30. The van der Waals surface area contributed by atoms with Gasteiger partial charge in [-0.05, 0) is 47.7 Å². The van der Waals surface area contributed by atoms with Crippen LogP contribution in [0.5, 0.6) is 0 Å². The molecule has 8 nitrogen and oxygen atoms in total. The SMILES string of the molecule is CC(=O)N1CCCCCCCN(C(=O)c2ccccc2Cn2ccnc2)Cc2ccc(Cn3cccn3)cc21. The van der Waals surface area contributed by atoms with Crippen molar-refractivity contribution in [3.63, 3.8) is 0 Å². The Morgan fingerprint density at radius 3 is 2.46 bits per heavy atom. The van der Waals surface area contributed by atoms with Crippen LogP contribution in [0.1, 0.15) is 66.1 Å². The van der Waals surface area contributed by atoms with Gasteiger partial charge in [0.2, 0.25) is 5.91 Å². The Balaban J connectivity index is 1.49. The number of hydrogen-bond acceptors (Lipinski definition) is 4. The van der Waals surface area contributed by atoms with Crippen molar-refractivity contribution in [2.75, 3.05) is 18.0 Å². The molecule has 5 rings (SSSR count). The molecule has 0 radical (unpaired) electrons. The van der Waals surface area contributed by atoms with E-state index in [0.29, 0.717) is 38.3 Å². The molecule has 2 amide bonds. The Morgan fingerprint density at radius 1 is 0.872 bits per heavy atom. The van der Waals surface area contributed by atoms with Crippen molar-refractivity contribution in [2.24, 2.45) is 0 Å². The summed E-state index contributed by atoms with van der Waals surface area (Å²) in [5.41, 5.74) is 4.61. The van der Waals surface area contributed by atoms with E-state index in [1.807, 2.05) is 61.8 Å². The molecule has 2 aromatic heterocycles. The molecule has 1 aliphatic heterocycles. The van der Waals surface area contributed by atoms with E-state index in [1.54, 1.807) is 25.6 Å². The van der Waals surface area contributed by atoms with E-state index < -0.39 is 0 Å². The number of carbonyl (C=O) groups is 2. The van der Waals surface area contributed by atoms with Crippen LogP contribution >= 0.6 is 0 Å². The third kappa shape index (κ3) is 6.63. The lowest BCUT2D eigenvalue weighted by atomic mass is 10.0. The number of rotatable bonds is 5. The van der Waals surface area contributed by atoms with Crippen LogP contribution in [0.15, 0.2) is 79.6 Å². The molecule has 39 heavy (non-hydrogen) atoms. The summed E-state index contributed by atoms with van der Waals surface area (Å²) in [6.07, 6.45) is 14.3. The molecule has 3 heterocycles. The van der Waals surface area contributed by atoms with Gasteiger partial charge in [0.25, 0.3) is 5.91 Å². The summed E-state index contributed by atoms with van der Waals surface area (Å²) >= 11 is 0. The highest BCUT2D eigenvalue weighted by atomic mass is 16.2. The number of imidazole rings is 1. The van der Waals surface area contributed by atoms with Crippen LogP contribution in [0.3, 0.4) is 0 Å². The van der Waals surface area contributed by atoms with Crippen LogP contribution in [-0.4, -0.2) is 49.1 Å². The number of hydrogen-bond donors (Lipinski definition) is 0. The molecular formula is C31H36N6O2. The zero-order valence-corrected chi connectivity index (χ0v) is 22.6. The smallest absolute Gasteiger partial charge is 0.254 e. The van der Waals surface area contributed by atoms with Gasteiger partial charge in [0.15, 0.2) is 0 Å². The predicted molar refractivity (Wildman–Crippen MR) is 151 cm³/mol. The normalized spacial score (nSPS) is 14.8. The summed E-state index contributed by atoms with van der Waals surface area (Å²) in [5.74, 6) is 0.0387. The van der Waals surface area contributed by atoms with Gasteiger partial charge >= 0.3 is 0 Å². The Hall–Kier alpha value is -4.20. The lowest BCUT2D eigenvalue weighted by Crippen LogP contribution is -2.35. The van der Waals surface area contributed by atoms with Crippen molar-refractivity contribution < 1.29 is 9.59 Å². The van der Waals surface area contributed by atoms with Crippen molar-refractivity contribution in [3.05, 3.63) is 102 Å². The van der Waals surface area contributed by atoms with E-state index in [1.165, 1.54) is 0 Å². The molecule has 0 atom stereocenters. The number of nitrogens with zero attached hydrogens (tertiary/aromatic N) is 6. The average molecular weight is 525 g/mol. The molecule has 1 aliphatic rings. The van der Waals surface area contributed by atoms with E-state index in [4.69, 9.17) is 0 Å². The van der Waals surface area contributed by atoms with E-state index in [9.17, 15) is 9.59 Å². The van der Waals surface area contributed by atoms with E-state index in [2.05, 4.69) is 28.3 Å². The van der Waals surface area contributed by atoms with Crippen LogP contribution in [-0.2, 0) is 24.4 Å². The maximum atomic E-state index is 14.1. The van der Waals surface area contributed by atoms with Gasteiger partial charge in [0.05, 0.1) is 12.9 Å². The van der Waals surface area contributed by atoms with Crippen molar-refractivity contribution in [3.8, 4) is 0 Å². The molecule has 0 N–H and O–H groups in total. The van der Waals surface area contributed by atoms with Crippen molar-refractivity contribution >= 4 is 17.5 Å². The lowest BCUT2D eigenvalue weighted by Gasteiger charge is -2.30. The van der Waals surface area contributed by atoms with Crippen molar-refractivity contribution in [1.82, 2.24) is 24.2 Å². The van der Waals surface area contributed by atoms with E-state index in [0.717, 1.165) is 54.5 Å². The van der Waals surface area contributed by atoms with Gasteiger partial charge in [-0.1, -0.05) is 49.6 Å². The van der Waals surface area contributed by atoms with Crippen LogP contribution in [0.25, 0.3) is 0 Å². The average Bonchev–Trinajstić information content (AvgIpc) is 3.64. The summed E-state index contributed by atoms with van der Waals surface area (Å²) in [6, 6.07) is 16.0. The second-order valence-corrected chi connectivity index (χ2v) is 10.2. The van der Waals surface area contributed by atoms with Crippen LogP contribution in [0.4, 0.5) is 5.69 Å². The molecule has 0 saturated carbocycles. The van der Waals surface area contributed by atoms with Crippen LogP contribution in [0, 0.1) is 0 Å². The van der Waals surface area contributed by atoms with Gasteiger partial charge < -0.3 is 14.4 Å². The maximum absolute atomic E-state index is 14.1. The molecule has 0 spiro atoms. The largest absolute Gasteiger partial charge is 0.334 e. The van der Waals surface area contributed by atoms with Gasteiger partial charge in [-0.2, -0.15) is 5.10 Å². The minimum atomic E-state index is 0.0173. The van der Waals surface area contributed by atoms with Gasteiger partial charge in [0, 0.05) is 69.1 Å². The fraction of sp³-hybridized carbons (Fsp3) is 0.355. The highest BCUT2D eigenvalue weighted by Crippen LogP contribution is 2.28. The third-order valence-corrected chi connectivity index (χ3v) is 7.34. The number of aromatic nitrogens is 4. The highest BCUT2D eigenvalue weighted by molar-refractivity contribution is 5.96. The second-order valence-electron chi connectivity index (χ2n) is 10.2. The Morgan fingerprint density at radius 2 is 1.69 bits per heavy atom. The van der Waals surface area contributed by atoms with Gasteiger partial charge in [0.1, 0.15) is 0 Å². The number of benzene rings is 2. The van der Waals surface area contributed by atoms with E-state index >= 15 is 0 Å². The zero-order chi connectivity index (χ0) is 27.0. The standard InChI is InChI=1S/C31H36N6O2/c1-25(38)37-18-8-4-2-3-7-16-35(23-28-13-12-26(20-30(28)37)21-36-17-9-14-33-36)31(39)29-11-6-5-10-27(29)22-34-19-15-32-24-34/h5-6,9-15,17,19-20,24H,2-4,7-8,16,18,21-23H2,1H3. The minimum absolute atomic E-state index is 0.0173. The van der Waals surface area contributed by atoms with E-state index in [-0.39, 0.29) is 11.8 Å². The summed E-state index contributed by atoms with van der Waals surface area (Å²) in [5, 5.41) is 4.34. The van der Waals surface area contributed by atoms with Crippen molar-refractivity contribution in [2.45, 2.75) is 58.7 Å². The molecule has 0 bridgehead atoms. The monoisotopic (exact) mass is 524 g/mol. The molecule has 4 aromatic rings. The number of anilines is 1. The summed E-state index contributed by atoms with van der Waals surface area (Å²) in [7, 11) is 0. The summed E-state index contributed by atoms with van der Waals surface area (Å²) in [4.78, 5) is 34.9. The minimum Gasteiger partial charge on any atom is -0.334 e. The predicted octanol–water partition coefficient (Wildman–Crippen LogP) is 5.14. The first-order chi connectivity index (χ1) is 19.1. The number of amides is 2. The second kappa shape index (κ2) is 12.6. The molecule has 0 unspecified atom stereocenters. The quantitative estimate of drug-likeness (QED) is 0.363. The number of fused-ring (bicyclic) bond motifs is 1. The molecule has 8 heteroatoms. The number of carbonyl (C=O) groups excluding carboxylic acids is 2. The van der Waals surface area contributed by atoms with Gasteiger partial charge in [-0.3, -0.25) is 14.3 Å². The summed E-state index contributed by atoms with van der Waals surface area (Å²) in [6.45, 7) is 4.63. The Bertz CT molecular complexity index is 1380. The zero-order valence-electron chi connectivity index (χ0n) is 22.6. The fourth-order valence-corrected chi connectivity index (χ4v) is 5.30. The highest BCUT2D eigenvalue weighted by Gasteiger charge is 2.23. The third-order valence-electron chi connectivity index (χ3n) is 7.34. The maximum Gasteiger partial charge on any atom is 0.254 e. The first kappa shape index (κ1) is 26.4.